The molecular weight excluding hydrogens is 316 g/mol. The fraction of sp³-hybridized carbons (Fsp3) is 0.300. The lowest BCUT2D eigenvalue weighted by Crippen LogP contribution is -2.42. The predicted octanol–water partition coefficient (Wildman–Crippen LogP) is 3.04. The van der Waals surface area contributed by atoms with Gasteiger partial charge in [-0.2, -0.15) is 0 Å². The predicted molar refractivity (Wildman–Crippen MR) is 98.8 cm³/mol. The van der Waals surface area contributed by atoms with Crippen LogP contribution in [0.3, 0.4) is 0 Å². The molecule has 0 saturated carbocycles. The van der Waals surface area contributed by atoms with E-state index in [0.29, 0.717) is 18.0 Å². The lowest BCUT2D eigenvalue weighted by molar-refractivity contribution is -0.136. The first-order valence-electron chi connectivity index (χ1n) is 8.13. The van der Waals surface area contributed by atoms with Crippen LogP contribution < -0.4 is 15.4 Å². The summed E-state index contributed by atoms with van der Waals surface area (Å²) < 4.78 is 5.06. The molecule has 0 fully saturated rings. The smallest absolute Gasteiger partial charge is 0.313 e. The van der Waals surface area contributed by atoms with Crippen molar-refractivity contribution in [2.45, 2.75) is 26.2 Å². The molecule has 132 valence electrons. The molecule has 0 atom stereocenters. The normalized spacial score (nSPS) is 10.9. The third-order valence-corrected chi connectivity index (χ3v) is 4.12. The quantitative estimate of drug-likeness (QED) is 0.822. The van der Waals surface area contributed by atoms with Gasteiger partial charge >= 0.3 is 11.8 Å². The third kappa shape index (κ3) is 4.83. The van der Waals surface area contributed by atoms with Gasteiger partial charge in [0.25, 0.3) is 0 Å². The van der Waals surface area contributed by atoms with Crippen molar-refractivity contribution >= 4 is 17.5 Å². The largest absolute Gasteiger partial charge is 0.497 e. The second-order valence-electron chi connectivity index (χ2n) is 6.56. The SMILES string of the molecule is COc1ccc(NC(=O)C(=O)NCC(C)(C)c2ccccc2C)cc1. The highest BCUT2D eigenvalue weighted by Crippen LogP contribution is 2.25. The first-order chi connectivity index (χ1) is 11.8. The Hall–Kier alpha value is -2.82. The molecule has 0 unspecified atom stereocenters. The molecule has 0 aliphatic rings. The van der Waals surface area contributed by atoms with Crippen LogP contribution in [0.2, 0.25) is 0 Å². The van der Waals surface area contributed by atoms with Crippen molar-refractivity contribution in [3.63, 3.8) is 0 Å². The summed E-state index contributed by atoms with van der Waals surface area (Å²) in [6.07, 6.45) is 0. The summed E-state index contributed by atoms with van der Waals surface area (Å²) in [5, 5.41) is 5.29. The Kier molecular flexibility index (Phi) is 5.80. The zero-order chi connectivity index (χ0) is 18.4. The van der Waals surface area contributed by atoms with Crippen molar-refractivity contribution < 1.29 is 14.3 Å². The zero-order valence-electron chi connectivity index (χ0n) is 15.1. The van der Waals surface area contributed by atoms with E-state index in [1.54, 1.807) is 31.4 Å². The van der Waals surface area contributed by atoms with Crippen LogP contribution in [-0.4, -0.2) is 25.5 Å². The first kappa shape index (κ1) is 18.5. The molecule has 0 aliphatic heterocycles. The Balaban J connectivity index is 1.94. The van der Waals surface area contributed by atoms with E-state index >= 15 is 0 Å². The van der Waals surface area contributed by atoms with E-state index in [2.05, 4.69) is 10.6 Å². The van der Waals surface area contributed by atoms with Crippen molar-refractivity contribution in [3.8, 4) is 5.75 Å². The molecule has 5 nitrogen and oxygen atoms in total. The minimum atomic E-state index is -0.689. The van der Waals surface area contributed by atoms with Crippen LogP contribution in [0.5, 0.6) is 5.75 Å². The molecule has 25 heavy (non-hydrogen) atoms. The Morgan fingerprint density at radius 1 is 1.00 bits per heavy atom. The van der Waals surface area contributed by atoms with Gasteiger partial charge in [-0.25, -0.2) is 0 Å². The number of carbonyl (C=O) groups excluding carboxylic acids is 2. The molecule has 0 aromatic heterocycles. The number of amides is 2. The third-order valence-electron chi connectivity index (χ3n) is 4.12. The average Bonchev–Trinajstić information content (AvgIpc) is 2.60. The number of ether oxygens (including phenoxy) is 1. The van der Waals surface area contributed by atoms with Gasteiger partial charge in [-0.15, -0.1) is 0 Å². The molecule has 2 rings (SSSR count). The molecule has 0 radical (unpaired) electrons. The lowest BCUT2D eigenvalue weighted by atomic mass is 9.82. The van der Waals surface area contributed by atoms with Crippen LogP contribution in [0.4, 0.5) is 5.69 Å². The highest BCUT2D eigenvalue weighted by molar-refractivity contribution is 6.39. The van der Waals surface area contributed by atoms with Gasteiger partial charge in [0.05, 0.1) is 7.11 Å². The van der Waals surface area contributed by atoms with Gasteiger partial charge in [0.2, 0.25) is 0 Å². The summed E-state index contributed by atoms with van der Waals surface area (Å²) in [7, 11) is 1.57. The number of anilines is 1. The molecule has 5 heteroatoms. The maximum atomic E-state index is 12.1. The van der Waals surface area contributed by atoms with Crippen LogP contribution in [0.1, 0.15) is 25.0 Å². The van der Waals surface area contributed by atoms with Gasteiger partial charge in [0, 0.05) is 17.6 Å². The number of hydrogen-bond donors (Lipinski definition) is 2. The van der Waals surface area contributed by atoms with Gasteiger partial charge in [0.15, 0.2) is 0 Å². The molecule has 0 bridgehead atoms. The fourth-order valence-corrected chi connectivity index (χ4v) is 2.67. The van der Waals surface area contributed by atoms with Crippen molar-refractivity contribution in [2.75, 3.05) is 19.0 Å². The molecule has 0 aliphatic carbocycles. The summed E-state index contributed by atoms with van der Waals surface area (Å²) in [5.74, 6) is -0.661. The van der Waals surface area contributed by atoms with Gasteiger partial charge in [-0.05, 0) is 42.3 Å². The zero-order valence-corrected chi connectivity index (χ0v) is 15.1. The highest BCUT2D eigenvalue weighted by Gasteiger charge is 2.24. The number of methoxy groups -OCH3 is 1. The molecule has 0 spiro atoms. The number of aryl methyl sites for hydroxylation is 1. The molecule has 2 amide bonds. The van der Waals surface area contributed by atoms with Crippen LogP contribution in [0, 0.1) is 6.92 Å². The van der Waals surface area contributed by atoms with Gasteiger partial charge in [-0.1, -0.05) is 38.1 Å². The monoisotopic (exact) mass is 340 g/mol. The molecule has 2 aromatic carbocycles. The number of rotatable bonds is 5. The summed E-state index contributed by atoms with van der Waals surface area (Å²) in [6.45, 7) is 6.48. The Labute approximate surface area is 148 Å². The number of benzene rings is 2. The van der Waals surface area contributed by atoms with E-state index in [1.165, 1.54) is 0 Å². The second kappa shape index (κ2) is 7.83. The van der Waals surface area contributed by atoms with E-state index in [9.17, 15) is 9.59 Å². The summed E-state index contributed by atoms with van der Waals surface area (Å²) >= 11 is 0. The number of hydrogen-bond acceptors (Lipinski definition) is 3. The second-order valence-corrected chi connectivity index (χ2v) is 6.56. The van der Waals surface area contributed by atoms with E-state index in [4.69, 9.17) is 4.74 Å². The number of nitrogens with one attached hydrogen (secondary N) is 2. The summed E-state index contributed by atoms with van der Waals surface area (Å²) in [6, 6.07) is 14.8. The van der Waals surface area contributed by atoms with E-state index in [-0.39, 0.29) is 5.41 Å². The molecule has 0 heterocycles. The van der Waals surface area contributed by atoms with Crippen LogP contribution in [0.25, 0.3) is 0 Å². The Morgan fingerprint density at radius 3 is 2.24 bits per heavy atom. The minimum Gasteiger partial charge on any atom is -0.497 e. The number of carbonyl (C=O) groups is 2. The average molecular weight is 340 g/mol. The topological polar surface area (TPSA) is 67.4 Å². The van der Waals surface area contributed by atoms with Crippen molar-refractivity contribution in [1.29, 1.82) is 0 Å². The fourth-order valence-electron chi connectivity index (χ4n) is 2.67. The lowest BCUT2D eigenvalue weighted by Gasteiger charge is -2.27. The van der Waals surface area contributed by atoms with Crippen molar-refractivity contribution in [1.82, 2.24) is 5.32 Å². The maximum absolute atomic E-state index is 12.1. The van der Waals surface area contributed by atoms with Crippen molar-refractivity contribution in [2.24, 2.45) is 0 Å². The molecule has 2 aromatic rings. The van der Waals surface area contributed by atoms with E-state index in [0.717, 1.165) is 11.1 Å². The van der Waals surface area contributed by atoms with Gasteiger partial charge in [0.1, 0.15) is 5.75 Å². The Morgan fingerprint density at radius 2 is 1.64 bits per heavy atom. The summed E-state index contributed by atoms with van der Waals surface area (Å²) in [4.78, 5) is 24.1. The Bertz CT molecular complexity index is 752. The highest BCUT2D eigenvalue weighted by atomic mass is 16.5. The first-order valence-corrected chi connectivity index (χ1v) is 8.13. The maximum Gasteiger partial charge on any atom is 0.313 e. The van der Waals surface area contributed by atoms with Gasteiger partial charge < -0.3 is 15.4 Å². The minimum absolute atomic E-state index is 0.276. The standard InChI is InChI=1S/C20H24N2O3/c1-14-7-5-6-8-17(14)20(2,3)13-21-18(23)19(24)22-15-9-11-16(25-4)12-10-15/h5-12H,13H2,1-4H3,(H,21,23)(H,22,24). The van der Waals surface area contributed by atoms with Crippen molar-refractivity contribution in [3.05, 3.63) is 59.7 Å². The molecule has 0 saturated heterocycles. The van der Waals surface area contributed by atoms with Crippen LogP contribution in [0.15, 0.2) is 48.5 Å². The van der Waals surface area contributed by atoms with Crippen LogP contribution >= 0.6 is 0 Å². The van der Waals surface area contributed by atoms with E-state index < -0.39 is 11.8 Å². The molecule has 2 N–H and O–H groups in total. The summed E-state index contributed by atoms with van der Waals surface area (Å²) in [5.41, 5.74) is 2.57. The van der Waals surface area contributed by atoms with Crippen LogP contribution in [-0.2, 0) is 15.0 Å². The van der Waals surface area contributed by atoms with Gasteiger partial charge in [-0.3, -0.25) is 9.59 Å². The molecular formula is C20H24N2O3. The van der Waals surface area contributed by atoms with E-state index in [1.807, 2.05) is 45.0 Å².